The van der Waals surface area contributed by atoms with E-state index in [0.717, 1.165) is 31.2 Å². The zero-order valence-electron chi connectivity index (χ0n) is 15.5. The first-order valence-electron chi connectivity index (χ1n) is 9.49. The van der Waals surface area contributed by atoms with Crippen molar-refractivity contribution in [3.8, 4) is 0 Å². The standard InChI is InChI=1S/C19H22N4O4S/c24-23(25)18-6-3-9-20-19(18)21-10-12-22(13-11-21)28(26,27)17-8-7-15-4-1-2-5-16(15)14-17/h3,6-9,14H,1-2,4-5,10-13H2/p+1. The summed E-state index contributed by atoms with van der Waals surface area (Å²) >= 11 is 0. The number of pyridine rings is 1. The van der Waals surface area contributed by atoms with Crippen LogP contribution in [0.4, 0.5) is 11.5 Å². The van der Waals surface area contributed by atoms with Gasteiger partial charge in [-0.25, -0.2) is 13.4 Å². The fraction of sp³-hybridized carbons (Fsp3) is 0.421. The summed E-state index contributed by atoms with van der Waals surface area (Å²) in [5.41, 5.74) is 2.39. The molecule has 4 rings (SSSR count). The molecule has 2 aromatic rings. The van der Waals surface area contributed by atoms with Gasteiger partial charge < -0.3 is 0 Å². The van der Waals surface area contributed by atoms with Crippen molar-refractivity contribution in [2.75, 3.05) is 31.1 Å². The van der Waals surface area contributed by atoms with Gasteiger partial charge in [0, 0.05) is 6.07 Å². The molecule has 2 aliphatic rings. The van der Waals surface area contributed by atoms with E-state index in [2.05, 4.69) is 4.98 Å². The van der Waals surface area contributed by atoms with Crippen molar-refractivity contribution < 1.29 is 18.3 Å². The number of piperazine rings is 1. The highest BCUT2D eigenvalue weighted by molar-refractivity contribution is 7.89. The summed E-state index contributed by atoms with van der Waals surface area (Å²) in [5, 5.41) is 11.2. The molecule has 1 aliphatic heterocycles. The Hall–Kier alpha value is -2.52. The zero-order chi connectivity index (χ0) is 19.7. The molecular weight excluding hydrogens is 380 g/mol. The summed E-state index contributed by atoms with van der Waals surface area (Å²) in [5.74, 6) is 0.415. The minimum atomic E-state index is -3.56. The number of sulfonamides is 1. The van der Waals surface area contributed by atoms with Crippen molar-refractivity contribution in [3.63, 3.8) is 0 Å². The Balaban J connectivity index is 1.51. The maximum atomic E-state index is 13.1. The third kappa shape index (κ3) is 3.47. The molecule has 1 aliphatic carbocycles. The summed E-state index contributed by atoms with van der Waals surface area (Å²) in [4.78, 5) is 15.9. The number of nitrogens with zero attached hydrogens (tertiary/aromatic N) is 3. The molecule has 2 heterocycles. The van der Waals surface area contributed by atoms with Crippen molar-refractivity contribution in [1.82, 2.24) is 4.31 Å². The maximum Gasteiger partial charge on any atom is 0.357 e. The van der Waals surface area contributed by atoms with E-state index in [0.29, 0.717) is 36.9 Å². The number of hydrogen-bond acceptors (Lipinski definition) is 5. The Kier molecular flexibility index (Phi) is 5.03. The summed E-state index contributed by atoms with van der Waals surface area (Å²) < 4.78 is 27.6. The van der Waals surface area contributed by atoms with Crippen LogP contribution in [-0.2, 0) is 22.9 Å². The van der Waals surface area contributed by atoms with Crippen LogP contribution in [0.15, 0.2) is 41.4 Å². The molecule has 1 aromatic carbocycles. The molecule has 1 saturated heterocycles. The van der Waals surface area contributed by atoms with Crippen LogP contribution in [0, 0.1) is 10.1 Å². The van der Waals surface area contributed by atoms with Gasteiger partial charge in [0.2, 0.25) is 10.0 Å². The number of benzene rings is 1. The number of aromatic amines is 1. The quantitative estimate of drug-likeness (QED) is 0.573. The Morgan fingerprint density at radius 1 is 1.00 bits per heavy atom. The van der Waals surface area contributed by atoms with Crippen LogP contribution in [0.25, 0.3) is 0 Å². The molecule has 9 heteroatoms. The number of aryl methyl sites for hydroxylation is 2. The number of aromatic nitrogens is 1. The van der Waals surface area contributed by atoms with E-state index < -0.39 is 14.9 Å². The van der Waals surface area contributed by atoms with Crippen LogP contribution >= 0.6 is 0 Å². The summed E-state index contributed by atoms with van der Waals surface area (Å²) in [6, 6.07) is 8.51. The second-order valence-corrected chi connectivity index (χ2v) is 9.13. The number of nitro groups is 1. The molecule has 148 valence electrons. The lowest BCUT2D eigenvalue weighted by Crippen LogP contribution is -2.50. The Bertz CT molecular complexity index is 1000. The van der Waals surface area contributed by atoms with Gasteiger partial charge >= 0.3 is 11.5 Å². The molecule has 0 unspecified atom stereocenters. The monoisotopic (exact) mass is 403 g/mol. The second kappa shape index (κ2) is 7.48. The van der Waals surface area contributed by atoms with E-state index in [1.54, 1.807) is 18.3 Å². The minimum Gasteiger partial charge on any atom is -0.258 e. The summed E-state index contributed by atoms with van der Waals surface area (Å²) in [6.07, 6.45) is 5.84. The molecule has 0 spiro atoms. The Labute approximate surface area is 164 Å². The third-order valence-corrected chi connectivity index (χ3v) is 7.42. The van der Waals surface area contributed by atoms with Gasteiger partial charge in [0.05, 0.1) is 42.2 Å². The molecule has 0 radical (unpaired) electrons. The van der Waals surface area contributed by atoms with Crippen molar-refractivity contribution in [2.24, 2.45) is 0 Å². The summed E-state index contributed by atoms with van der Waals surface area (Å²) in [7, 11) is -3.56. The van der Waals surface area contributed by atoms with Gasteiger partial charge in [-0.1, -0.05) is 6.07 Å². The molecule has 28 heavy (non-hydrogen) atoms. The molecular formula is C19H23N4O4S+. The number of rotatable bonds is 4. The molecule has 0 saturated carbocycles. The average Bonchev–Trinajstić information content (AvgIpc) is 2.73. The predicted octanol–water partition coefficient (Wildman–Crippen LogP) is 1.80. The van der Waals surface area contributed by atoms with E-state index in [1.165, 1.54) is 15.9 Å². The largest absolute Gasteiger partial charge is 0.357 e. The van der Waals surface area contributed by atoms with E-state index in [9.17, 15) is 18.5 Å². The summed E-state index contributed by atoms with van der Waals surface area (Å²) in [6.45, 7) is 1.37. The first-order valence-corrected chi connectivity index (χ1v) is 10.9. The maximum absolute atomic E-state index is 13.1. The first-order chi connectivity index (χ1) is 13.5. The van der Waals surface area contributed by atoms with Crippen LogP contribution in [0.3, 0.4) is 0 Å². The van der Waals surface area contributed by atoms with Crippen LogP contribution < -0.4 is 9.88 Å². The van der Waals surface area contributed by atoms with Gasteiger partial charge in [-0.2, -0.15) is 4.31 Å². The van der Waals surface area contributed by atoms with E-state index in [4.69, 9.17) is 0 Å². The lowest BCUT2D eigenvalue weighted by Gasteiger charge is -2.30. The second-order valence-electron chi connectivity index (χ2n) is 7.19. The normalized spacial score (nSPS) is 17.9. The van der Waals surface area contributed by atoms with Crippen LogP contribution in [0.2, 0.25) is 0 Å². The van der Waals surface area contributed by atoms with Gasteiger partial charge in [0.25, 0.3) is 0 Å². The highest BCUT2D eigenvalue weighted by atomic mass is 32.2. The Morgan fingerprint density at radius 2 is 1.71 bits per heavy atom. The first kappa shape index (κ1) is 18.8. The van der Waals surface area contributed by atoms with Gasteiger partial charge in [0.1, 0.15) is 0 Å². The van der Waals surface area contributed by atoms with Gasteiger partial charge in [-0.15, -0.1) is 0 Å². The number of fused-ring (bicyclic) bond motifs is 1. The number of anilines is 1. The minimum absolute atomic E-state index is 0.00602. The van der Waals surface area contributed by atoms with E-state index in [1.807, 2.05) is 17.0 Å². The zero-order valence-corrected chi connectivity index (χ0v) is 16.3. The van der Waals surface area contributed by atoms with Crippen LogP contribution in [0.1, 0.15) is 24.0 Å². The number of hydrogen-bond donors (Lipinski definition) is 0. The predicted molar refractivity (Wildman–Crippen MR) is 104 cm³/mol. The number of nitrogens with one attached hydrogen (secondary N) is 1. The molecule has 1 aromatic heterocycles. The van der Waals surface area contributed by atoms with Gasteiger partial charge in [-0.05, 0) is 55.0 Å². The molecule has 1 fully saturated rings. The molecule has 0 amide bonds. The highest BCUT2D eigenvalue weighted by Crippen LogP contribution is 2.28. The van der Waals surface area contributed by atoms with Crippen LogP contribution in [-0.4, -0.2) is 43.8 Å². The van der Waals surface area contributed by atoms with E-state index >= 15 is 0 Å². The lowest BCUT2D eigenvalue weighted by atomic mass is 9.92. The topological polar surface area (TPSA) is 97.9 Å². The van der Waals surface area contributed by atoms with Crippen molar-refractivity contribution >= 4 is 21.5 Å². The molecule has 0 bridgehead atoms. The molecule has 1 N–H and O–H groups in total. The number of H-pyrrole nitrogens is 1. The van der Waals surface area contributed by atoms with Gasteiger partial charge in [0.15, 0.2) is 0 Å². The van der Waals surface area contributed by atoms with Crippen molar-refractivity contribution in [1.29, 1.82) is 0 Å². The lowest BCUT2D eigenvalue weighted by molar-refractivity contribution is -0.411. The van der Waals surface area contributed by atoms with Crippen molar-refractivity contribution in [2.45, 2.75) is 30.6 Å². The van der Waals surface area contributed by atoms with Gasteiger partial charge in [-0.3, -0.25) is 15.0 Å². The van der Waals surface area contributed by atoms with Crippen molar-refractivity contribution in [3.05, 3.63) is 57.8 Å². The highest BCUT2D eigenvalue weighted by Gasteiger charge is 2.35. The third-order valence-electron chi connectivity index (χ3n) is 5.52. The fourth-order valence-corrected chi connectivity index (χ4v) is 5.46. The fourth-order valence-electron chi connectivity index (χ4n) is 3.99. The van der Waals surface area contributed by atoms with E-state index in [-0.39, 0.29) is 5.69 Å². The smallest absolute Gasteiger partial charge is 0.258 e. The Morgan fingerprint density at radius 3 is 2.43 bits per heavy atom. The van der Waals surface area contributed by atoms with Crippen LogP contribution in [0.5, 0.6) is 0 Å². The average molecular weight is 403 g/mol. The SMILES string of the molecule is O=[N+]([O-])c1ccc[nH+]c1N1CCN(S(=O)(=O)c2ccc3c(c2)CCCC3)CC1. The molecule has 8 nitrogen and oxygen atoms in total. The molecule has 0 atom stereocenters.